The van der Waals surface area contributed by atoms with Crippen LogP contribution < -0.4 is 10.7 Å². The smallest absolute Gasteiger partial charge is 0.333 e. The molecule has 0 bridgehead atoms. The number of hydrogen-bond donors (Lipinski definition) is 3. The maximum atomic E-state index is 13.7. The Bertz CT molecular complexity index is 1370. The third-order valence-corrected chi connectivity index (χ3v) is 7.78. The van der Waals surface area contributed by atoms with E-state index in [0.29, 0.717) is 54.5 Å². The van der Waals surface area contributed by atoms with Gasteiger partial charge >= 0.3 is 6.03 Å². The summed E-state index contributed by atoms with van der Waals surface area (Å²) in [5.74, 6) is -0.147. The number of halogens is 2. The van der Waals surface area contributed by atoms with Crippen LogP contribution >= 0.6 is 24.8 Å². The van der Waals surface area contributed by atoms with Crippen LogP contribution in [0.25, 0.3) is 22.5 Å². The molecule has 0 unspecified atom stereocenters. The number of hydrazine groups is 1. The van der Waals surface area contributed by atoms with E-state index in [0.717, 1.165) is 57.0 Å². The number of H-pyrrole nitrogens is 1. The maximum absolute atomic E-state index is 13.7. The van der Waals surface area contributed by atoms with Crippen LogP contribution in [-0.4, -0.2) is 110 Å². The number of morpholine rings is 1. The molecule has 1 aromatic heterocycles. The van der Waals surface area contributed by atoms with Gasteiger partial charge in [0.25, 0.3) is 0 Å². The summed E-state index contributed by atoms with van der Waals surface area (Å²) in [5.41, 5.74) is 8.48. The molecule has 6 rings (SSSR count). The van der Waals surface area contributed by atoms with Crippen LogP contribution in [0.2, 0.25) is 0 Å². The van der Waals surface area contributed by atoms with Gasteiger partial charge in [-0.25, -0.2) is 9.80 Å². The molecule has 3 aromatic rings. The van der Waals surface area contributed by atoms with E-state index in [4.69, 9.17) is 9.47 Å². The Morgan fingerprint density at radius 1 is 0.976 bits per heavy atom. The molecule has 2 saturated heterocycles. The van der Waals surface area contributed by atoms with Gasteiger partial charge in [-0.05, 0) is 11.6 Å². The Hall–Kier alpha value is -3.03. The summed E-state index contributed by atoms with van der Waals surface area (Å²) in [6, 6.07) is 13.4. The van der Waals surface area contributed by atoms with Crippen molar-refractivity contribution in [2.75, 3.05) is 78.1 Å². The van der Waals surface area contributed by atoms with Gasteiger partial charge in [-0.3, -0.25) is 25.1 Å². The van der Waals surface area contributed by atoms with Gasteiger partial charge in [0.05, 0.1) is 42.3 Å². The molecule has 2 aliphatic heterocycles. The van der Waals surface area contributed by atoms with Crippen molar-refractivity contribution in [1.82, 2.24) is 30.4 Å². The van der Waals surface area contributed by atoms with E-state index in [9.17, 15) is 9.59 Å². The van der Waals surface area contributed by atoms with Gasteiger partial charge in [-0.15, -0.1) is 24.8 Å². The van der Waals surface area contributed by atoms with Gasteiger partial charge in [-0.1, -0.05) is 36.4 Å². The lowest BCUT2D eigenvalue weighted by molar-refractivity contribution is 0.0207. The van der Waals surface area contributed by atoms with Crippen molar-refractivity contribution >= 4 is 42.3 Å². The standard InChI is InChI=1S/C29H35N7O4.2ClH/c1-39-16-13-34-9-11-35(12-10-34)19-20-5-7-21(8-6-20)26-25-27(32-31-26)22-3-2-4-23(24(22)28(25)37)30-29(38)33-36-14-17-40-18-15-36;;/h2-8H,9-19H2,1H3,(H,31,32)(H2,30,33,38);2*1H. The van der Waals surface area contributed by atoms with Crippen LogP contribution in [0.5, 0.6) is 0 Å². The predicted octanol–water partition coefficient (Wildman–Crippen LogP) is 3.26. The molecule has 0 saturated carbocycles. The second-order valence-electron chi connectivity index (χ2n) is 10.4. The Balaban J connectivity index is 0.00000202. The highest BCUT2D eigenvalue weighted by molar-refractivity contribution is 6.26. The van der Waals surface area contributed by atoms with Crippen LogP contribution in [0, 0.1) is 0 Å². The molecule has 1 aliphatic carbocycles. The van der Waals surface area contributed by atoms with Crippen LogP contribution in [0.3, 0.4) is 0 Å². The van der Waals surface area contributed by atoms with Gasteiger partial charge in [0.2, 0.25) is 0 Å². The van der Waals surface area contributed by atoms with Gasteiger partial charge in [-0.2, -0.15) is 5.10 Å². The SMILES string of the molecule is COCCN1CCN(Cc2ccc(-c3n[nH]c4c3C(=O)c3c(NC(=O)NN5CCOCC5)cccc3-4)cc2)CC1.Cl.Cl. The lowest BCUT2D eigenvalue weighted by atomic mass is 10.0. The van der Waals surface area contributed by atoms with Crippen LogP contribution in [-0.2, 0) is 16.0 Å². The first-order valence-electron chi connectivity index (χ1n) is 13.8. The number of piperazine rings is 1. The number of nitrogens with zero attached hydrogens (tertiary/aromatic N) is 4. The zero-order valence-corrected chi connectivity index (χ0v) is 25.2. The number of aromatic nitrogens is 2. The van der Waals surface area contributed by atoms with Crippen molar-refractivity contribution in [3.8, 4) is 22.5 Å². The van der Waals surface area contributed by atoms with Crippen molar-refractivity contribution in [2.45, 2.75) is 6.54 Å². The molecule has 3 N–H and O–H groups in total. The van der Waals surface area contributed by atoms with Gasteiger partial charge < -0.3 is 14.8 Å². The summed E-state index contributed by atoms with van der Waals surface area (Å²) in [6.07, 6.45) is 0. The molecule has 11 nitrogen and oxygen atoms in total. The fraction of sp³-hybridized carbons (Fsp3) is 0.414. The number of ketones is 1. The number of fused-ring (bicyclic) bond motifs is 3. The molecule has 0 atom stereocenters. The lowest BCUT2D eigenvalue weighted by Crippen LogP contribution is -2.49. The number of benzene rings is 2. The number of anilines is 1. The summed E-state index contributed by atoms with van der Waals surface area (Å²) < 4.78 is 10.5. The second kappa shape index (κ2) is 14.4. The number of nitrogens with one attached hydrogen (secondary N) is 3. The number of urea groups is 1. The van der Waals surface area contributed by atoms with Crippen molar-refractivity contribution in [2.24, 2.45) is 0 Å². The van der Waals surface area contributed by atoms with Crippen molar-refractivity contribution in [1.29, 1.82) is 0 Å². The molecule has 2 aromatic carbocycles. The van der Waals surface area contributed by atoms with Crippen LogP contribution in [0.15, 0.2) is 42.5 Å². The number of rotatable bonds is 8. The van der Waals surface area contributed by atoms with Gasteiger partial charge in [0.15, 0.2) is 5.78 Å². The molecule has 2 amide bonds. The largest absolute Gasteiger partial charge is 0.383 e. The number of carbonyl (C=O) groups excluding carboxylic acids is 2. The van der Waals surface area contributed by atoms with Crippen molar-refractivity contribution in [3.63, 3.8) is 0 Å². The first kappa shape index (κ1) is 31.9. The Labute approximate surface area is 257 Å². The van der Waals surface area contributed by atoms with E-state index in [1.165, 1.54) is 5.56 Å². The van der Waals surface area contributed by atoms with Crippen molar-refractivity contribution in [3.05, 3.63) is 59.2 Å². The monoisotopic (exact) mass is 617 g/mol. The minimum Gasteiger partial charge on any atom is -0.383 e. The highest BCUT2D eigenvalue weighted by atomic mass is 35.5. The zero-order chi connectivity index (χ0) is 27.5. The number of ether oxygens (including phenoxy) is 2. The molecular weight excluding hydrogens is 581 g/mol. The first-order chi connectivity index (χ1) is 19.6. The van der Waals surface area contributed by atoms with E-state index in [-0.39, 0.29) is 36.6 Å². The quantitative estimate of drug-likeness (QED) is 0.276. The van der Waals surface area contributed by atoms with E-state index in [2.05, 4.69) is 42.9 Å². The summed E-state index contributed by atoms with van der Waals surface area (Å²) in [5, 5.41) is 12.3. The molecule has 226 valence electrons. The van der Waals surface area contributed by atoms with Gasteiger partial charge in [0, 0.05) is 70.6 Å². The molecule has 3 heterocycles. The van der Waals surface area contributed by atoms with E-state index in [1.807, 2.05) is 24.3 Å². The fourth-order valence-corrected chi connectivity index (χ4v) is 5.59. The topological polar surface area (TPSA) is 115 Å². The summed E-state index contributed by atoms with van der Waals surface area (Å²) in [6.45, 7) is 9.18. The molecule has 13 heteroatoms. The second-order valence-corrected chi connectivity index (χ2v) is 10.4. The molecular formula is C29H37Cl2N7O4. The minimum atomic E-state index is -0.385. The number of amides is 2. The highest BCUT2D eigenvalue weighted by Gasteiger charge is 2.35. The minimum absolute atomic E-state index is 0. The van der Waals surface area contributed by atoms with Crippen LogP contribution in [0.4, 0.5) is 10.5 Å². The lowest BCUT2D eigenvalue weighted by Gasteiger charge is -2.34. The Morgan fingerprint density at radius 2 is 1.69 bits per heavy atom. The number of hydrogen-bond acceptors (Lipinski definition) is 8. The predicted molar refractivity (Wildman–Crippen MR) is 166 cm³/mol. The maximum Gasteiger partial charge on any atom is 0.333 e. The molecule has 0 radical (unpaired) electrons. The first-order valence-corrected chi connectivity index (χ1v) is 13.8. The molecule has 42 heavy (non-hydrogen) atoms. The van der Waals surface area contributed by atoms with Crippen molar-refractivity contribution < 1.29 is 19.1 Å². The average Bonchev–Trinajstić information content (AvgIpc) is 3.54. The molecule has 3 aliphatic rings. The van der Waals surface area contributed by atoms with E-state index >= 15 is 0 Å². The molecule has 2 fully saturated rings. The Kier molecular flexibility index (Phi) is 11.0. The third kappa shape index (κ3) is 6.78. The molecule has 0 spiro atoms. The van der Waals surface area contributed by atoms with E-state index < -0.39 is 0 Å². The third-order valence-electron chi connectivity index (χ3n) is 7.78. The summed E-state index contributed by atoms with van der Waals surface area (Å²) in [7, 11) is 1.75. The Morgan fingerprint density at radius 3 is 2.40 bits per heavy atom. The number of methoxy groups -OCH3 is 1. The zero-order valence-electron chi connectivity index (χ0n) is 23.6. The number of carbonyl (C=O) groups is 2. The number of aromatic amines is 1. The highest BCUT2D eigenvalue weighted by Crippen LogP contribution is 2.42. The van der Waals surface area contributed by atoms with Crippen LogP contribution in [0.1, 0.15) is 21.5 Å². The fourth-order valence-electron chi connectivity index (χ4n) is 5.59. The van der Waals surface area contributed by atoms with Gasteiger partial charge in [0.1, 0.15) is 5.69 Å². The summed E-state index contributed by atoms with van der Waals surface area (Å²) in [4.78, 5) is 31.3. The average molecular weight is 619 g/mol. The van der Waals surface area contributed by atoms with E-state index in [1.54, 1.807) is 18.2 Å². The normalized spacial score (nSPS) is 17.1. The summed E-state index contributed by atoms with van der Waals surface area (Å²) >= 11 is 0.